The Labute approximate surface area is 99.7 Å². The Morgan fingerprint density at radius 1 is 1.44 bits per heavy atom. The average Bonchev–Trinajstić information content (AvgIpc) is 2.15. The number of ether oxygens (including phenoxy) is 1. The highest BCUT2D eigenvalue weighted by Crippen LogP contribution is 2.22. The smallest absolute Gasteiger partial charge is 0.126 e. The number of rotatable bonds is 2. The Hall–Kier alpha value is -0.800. The van der Waals surface area contributed by atoms with Crippen LogP contribution >= 0.6 is 11.6 Å². The van der Waals surface area contributed by atoms with Crippen LogP contribution in [0.25, 0.3) is 0 Å². The lowest BCUT2D eigenvalue weighted by molar-refractivity contribution is 0.0232. The first kappa shape index (κ1) is 11.7. The molecular weight excluding hydrogens is 229 g/mol. The van der Waals surface area contributed by atoms with Gasteiger partial charge in [0.2, 0.25) is 0 Å². The van der Waals surface area contributed by atoms with Crippen LogP contribution in [0.5, 0.6) is 0 Å². The van der Waals surface area contributed by atoms with Crippen molar-refractivity contribution in [1.29, 1.82) is 0 Å². The molecule has 2 unspecified atom stereocenters. The maximum absolute atomic E-state index is 13.1. The molecule has 1 heterocycles. The van der Waals surface area contributed by atoms with Crippen LogP contribution in [0.3, 0.4) is 0 Å². The monoisotopic (exact) mass is 243 g/mol. The highest BCUT2D eigenvalue weighted by Gasteiger charge is 2.19. The molecule has 0 amide bonds. The Morgan fingerprint density at radius 3 is 2.94 bits per heavy atom. The summed E-state index contributed by atoms with van der Waals surface area (Å²) in [6.45, 7) is 2.80. The molecule has 1 N–H and O–H groups in total. The van der Waals surface area contributed by atoms with Gasteiger partial charge in [-0.25, -0.2) is 4.39 Å². The second-order valence-electron chi connectivity index (χ2n) is 4.21. The molecule has 0 radical (unpaired) electrons. The van der Waals surface area contributed by atoms with Gasteiger partial charge in [-0.3, -0.25) is 0 Å². The molecule has 0 spiro atoms. The molecule has 0 aliphatic carbocycles. The van der Waals surface area contributed by atoms with E-state index in [1.807, 2.05) is 6.92 Å². The first-order valence-electron chi connectivity index (χ1n) is 5.48. The normalized spacial score (nSPS) is 25.4. The van der Waals surface area contributed by atoms with Crippen molar-refractivity contribution < 1.29 is 9.13 Å². The molecule has 1 fully saturated rings. The zero-order chi connectivity index (χ0) is 11.5. The molecule has 0 aromatic heterocycles. The molecule has 1 aliphatic heterocycles. The Morgan fingerprint density at radius 2 is 2.25 bits per heavy atom. The summed E-state index contributed by atoms with van der Waals surface area (Å²) in [5.74, 6) is -0.310. The second kappa shape index (κ2) is 5.02. The van der Waals surface area contributed by atoms with E-state index in [0.29, 0.717) is 11.1 Å². The van der Waals surface area contributed by atoms with Gasteiger partial charge < -0.3 is 10.1 Å². The average molecular weight is 244 g/mol. The Kier molecular flexibility index (Phi) is 3.66. The van der Waals surface area contributed by atoms with Crippen LogP contribution in [-0.4, -0.2) is 18.8 Å². The van der Waals surface area contributed by atoms with Crippen molar-refractivity contribution in [3.05, 3.63) is 29.0 Å². The van der Waals surface area contributed by atoms with Crippen molar-refractivity contribution in [3.8, 4) is 0 Å². The topological polar surface area (TPSA) is 21.3 Å². The van der Waals surface area contributed by atoms with E-state index < -0.39 is 0 Å². The number of benzene rings is 1. The van der Waals surface area contributed by atoms with Crippen LogP contribution in [0.1, 0.15) is 19.8 Å². The minimum absolute atomic E-state index is 0.260. The van der Waals surface area contributed by atoms with Gasteiger partial charge in [-0.2, -0.15) is 0 Å². The van der Waals surface area contributed by atoms with E-state index in [9.17, 15) is 4.39 Å². The van der Waals surface area contributed by atoms with Crippen molar-refractivity contribution in [1.82, 2.24) is 0 Å². The van der Waals surface area contributed by atoms with Gasteiger partial charge in [0.15, 0.2) is 0 Å². The summed E-state index contributed by atoms with van der Waals surface area (Å²) in [7, 11) is 0. The first-order valence-corrected chi connectivity index (χ1v) is 5.85. The third-order valence-electron chi connectivity index (χ3n) is 2.72. The van der Waals surface area contributed by atoms with E-state index in [4.69, 9.17) is 16.3 Å². The van der Waals surface area contributed by atoms with Gasteiger partial charge in [0, 0.05) is 23.4 Å². The molecule has 0 bridgehead atoms. The third kappa shape index (κ3) is 3.09. The van der Waals surface area contributed by atoms with Crippen LogP contribution in [-0.2, 0) is 4.74 Å². The summed E-state index contributed by atoms with van der Waals surface area (Å²) in [4.78, 5) is 0. The van der Waals surface area contributed by atoms with E-state index >= 15 is 0 Å². The van der Waals surface area contributed by atoms with Crippen molar-refractivity contribution in [2.45, 2.75) is 31.9 Å². The summed E-state index contributed by atoms with van der Waals surface area (Å²) in [5.41, 5.74) is 0.740. The van der Waals surface area contributed by atoms with Gasteiger partial charge in [-0.15, -0.1) is 0 Å². The molecular formula is C12H15ClFNO. The number of anilines is 1. The predicted octanol–water partition coefficient (Wildman–Crippen LogP) is 3.46. The van der Waals surface area contributed by atoms with Crippen LogP contribution < -0.4 is 5.32 Å². The maximum Gasteiger partial charge on any atom is 0.126 e. The lowest BCUT2D eigenvalue weighted by atomic mass is 10.0. The highest BCUT2D eigenvalue weighted by molar-refractivity contribution is 6.30. The first-order chi connectivity index (χ1) is 7.63. The zero-order valence-electron chi connectivity index (χ0n) is 9.17. The lowest BCUT2D eigenvalue weighted by Gasteiger charge is -2.28. The fourth-order valence-electron chi connectivity index (χ4n) is 2.00. The lowest BCUT2D eigenvalue weighted by Crippen LogP contribution is -2.32. The van der Waals surface area contributed by atoms with E-state index in [1.54, 1.807) is 6.07 Å². The van der Waals surface area contributed by atoms with Gasteiger partial charge in [0.25, 0.3) is 0 Å². The van der Waals surface area contributed by atoms with Gasteiger partial charge in [-0.05, 0) is 38.0 Å². The summed E-state index contributed by atoms with van der Waals surface area (Å²) < 4.78 is 18.6. The summed E-state index contributed by atoms with van der Waals surface area (Å²) >= 11 is 5.79. The predicted molar refractivity (Wildman–Crippen MR) is 63.5 cm³/mol. The van der Waals surface area contributed by atoms with E-state index in [2.05, 4.69) is 5.32 Å². The van der Waals surface area contributed by atoms with E-state index in [-0.39, 0.29) is 11.9 Å². The Balaban J connectivity index is 2.02. The van der Waals surface area contributed by atoms with Gasteiger partial charge in [-0.1, -0.05) is 11.6 Å². The minimum Gasteiger partial charge on any atom is -0.382 e. The number of hydrogen-bond acceptors (Lipinski definition) is 2. The van der Waals surface area contributed by atoms with Gasteiger partial charge in [0.1, 0.15) is 5.82 Å². The number of hydrogen-bond donors (Lipinski definition) is 1. The maximum atomic E-state index is 13.1. The number of nitrogens with one attached hydrogen (secondary N) is 1. The summed E-state index contributed by atoms with van der Waals surface area (Å²) in [6.07, 6.45) is 2.14. The van der Waals surface area contributed by atoms with Crippen LogP contribution in [0.15, 0.2) is 18.2 Å². The molecule has 1 saturated heterocycles. The molecule has 2 nitrogen and oxygen atoms in total. The highest BCUT2D eigenvalue weighted by atomic mass is 35.5. The summed E-state index contributed by atoms with van der Waals surface area (Å²) in [6, 6.07) is 4.84. The molecule has 2 atom stereocenters. The zero-order valence-corrected chi connectivity index (χ0v) is 9.93. The molecule has 1 aromatic rings. The van der Waals surface area contributed by atoms with Crippen molar-refractivity contribution in [2.75, 3.05) is 11.9 Å². The fraction of sp³-hybridized carbons (Fsp3) is 0.500. The van der Waals surface area contributed by atoms with Crippen molar-refractivity contribution in [3.63, 3.8) is 0 Å². The quantitative estimate of drug-likeness (QED) is 0.859. The SMILES string of the molecule is CC1CC(Nc2cc(F)cc(Cl)c2)CCO1. The molecule has 2 rings (SSSR count). The largest absolute Gasteiger partial charge is 0.382 e. The summed E-state index contributed by atoms with van der Waals surface area (Å²) in [5, 5.41) is 3.71. The van der Waals surface area contributed by atoms with Crippen LogP contribution in [0.4, 0.5) is 10.1 Å². The minimum atomic E-state index is -0.310. The van der Waals surface area contributed by atoms with Crippen molar-refractivity contribution >= 4 is 17.3 Å². The van der Waals surface area contributed by atoms with E-state index in [0.717, 1.165) is 25.1 Å². The second-order valence-corrected chi connectivity index (χ2v) is 4.64. The molecule has 16 heavy (non-hydrogen) atoms. The number of halogens is 2. The van der Waals surface area contributed by atoms with E-state index in [1.165, 1.54) is 12.1 Å². The van der Waals surface area contributed by atoms with Gasteiger partial charge >= 0.3 is 0 Å². The van der Waals surface area contributed by atoms with Crippen LogP contribution in [0.2, 0.25) is 5.02 Å². The fourth-order valence-corrected chi connectivity index (χ4v) is 2.22. The molecule has 1 aliphatic rings. The Bertz CT molecular complexity index is 352. The standard InChI is InChI=1S/C12H15ClFNO/c1-8-4-11(2-3-16-8)15-12-6-9(13)5-10(14)7-12/h5-8,11,15H,2-4H2,1H3. The molecule has 1 aromatic carbocycles. The molecule has 0 saturated carbocycles. The van der Waals surface area contributed by atoms with Gasteiger partial charge in [0.05, 0.1) is 6.10 Å². The van der Waals surface area contributed by atoms with Crippen molar-refractivity contribution in [2.24, 2.45) is 0 Å². The van der Waals surface area contributed by atoms with Crippen LogP contribution in [0, 0.1) is 5.82 Å². The third-order valence-corrected chi connectivity index (χ3v) is 2.94. The molecule has 88 valence electrons. The molecule has 4 heteroatoms.